The van der Waals surface area contributed by atoms with Crippen molar-refractivity contribution in [3.63, 3.8) is 0 Å². The lowest BCUT2D eigenvalue weighted by Crippen LogP contribution is -1.95. The Morgan fingerprint density at radius 3 is 1.53 bits per heavy atom. The highest BCUT2D eigenvalue weighted by atomic mass is 15.0. The molecule has 0 atom stereocenters. The van der Waals surface area contributed by atoms with Crippen LogP contribution in [0.2, 0.25) is 0 Å². The molecule has 0 aliphatic heterocycles. The maximum atomic E-state index is 5.25. The van der Waals surface area contributed by atoms with Crippen LogP contribution in [-0.4, -0.2) is 14.5 Å². The van der Waals surface area contributed by atoms with Crippen molar-refractivity contribution in [1.29, 1.82) is 0 Å². The smallest absolute Gasteiger partial charge is 0.0979 e. The molecule has 274 valence electrons. The first-order valence-electron chi connectivity index (χ1n) is 20.1. The molecule has 12 aromatic rings. The van der Waals surface area contributed by atoms with E-state index in [0.29, 0.717) is 0 Å². The molecule has 0 amide bonds. The largest absolute Gasteiger partial charge is 0.309 e. The predicted molar refractivity (Wildman–Crippen MR) is 248 cm³/mol. The zero-order chi connectivity index (χ0) is 38.9. The fraction of sp³-hybridized carbons (Fsp3) is 0. The summed E-state index contributed by atoms with van der Waals surface area (Å²) >= 11 is 0. The number of aromatic nitrogens is 3. The molecule has 0 bridgehead atoms. The molecule has 2 heterocycles. The van der Waals surface area contributed by atoms with Crippen LogP contribution in [-0.2, 0) is 0 Å². The minimum absolute atomic E-state index is 0.864. The normalized spacial score (nSPS) is 11.7. The Morgan fingerprint density at radius 1 is 0.305 bits per heavy atom. The van der Waals surface area contributed by atoms with Gasteiger partial charge >= 0.3 is 0 Å². The molecule has 0 saturated heterocycles. The molecular weight excluding hydrogens is 715 g/mol. The Bertz CT molecular complexity index is 3570. The van der Waals surface area contributed by atoms with Gasteiger partial charge < -0.3 is 4.57 Å². The molecule has 0 fully saturated rings. The van der Waals surface area contributed by atoms with Crippen LogP contribution in [0.4, 0.5) is 0 Å². The quantitative estimate of drug-likeness (QED) is 0.164. The summed E-state index contributed by atoms with van der Waals surface area (Å²) in [5, 5.41) is 9.64. The third-order valence-electron chi connectivity index (χ3n) is 12.0. The SMILES string of the molecule is c1cc(-c2ccc(-c3ccc4c(c3)c3ccccc3n4-c3cccc4ccccc34)cc2)cc(-c2cccc(-c3cnc4c5ccccc5c5ccccc5c4n3)c2)c1. The van der Waals surface area contributed by atoms with E-state index in [9.17, 15) is 0 Å². The molecule has 3 heteroatoms. The molecule has 0 aliphatic carbocycles. The van der Waals surface area contributed by atoms with E-state index >= 15 is 0 Å². The van der Waals surface area contributed by atoms with Crippen LogP contribution in [0.3, 0.4) is 0 Å². The van der Waals surface area contributed by atoms with Crippen LogP contribution < -0.4 is 0 Å². The second kappa shape index (κ2) is 13.4. The molecule has 0 saturated carbocycles. The van der Waals surface area contributed by atoms with Gasteiger partial charge in [0.15, 0.2) is 0 Å². The van der Waals surface area contributed by atoms with Gasteiger partial charge in [-0.2, -0.15) is 0 Å². The van der Waals surface area contributed by atoms with Gasteiger partial charge in [0, 0.05) is 32.5 Å². The number of hydrogen-bond acceptors (Lipinski definition) is 2. The zero-order valence-electron chi connectivity index (χ0n) is 32.0. The average molecular weight is 750 g/mol. The number of nitrogens with zero attached hydrogens (tertiary/aromatic N) is 3. The number of benzene rings is 10. The van der Waals surface area contributed by atoms with E-state index in [1.165, 1.54) is 71.3 Å². The first-order valence-corrected chi connectivity index (χ1v) is 20.1. The Labute approximate surface area is 341 Å². The summed E-state index contributed by atoms with van der Waals surface area (Å²) in [6.45, 7) is 0. The molecular formula is C56H35N3. The Balaban J connectivity index is 0.876. The summed E-state index contributed by atoms with van der Waals surface area (Å²) in [4.78, 5) is 10.3. The predicted octanol–water partition coefficient (Wildman–Crippen LogP) is 14.9. The lowest BCUT2D eigenvalue weighted by molar-refractivity contribution is 1.20. The minimum atomic E-state index is 0.864. The third kappa shape index (κ3) is 5.44. The van der Waals surface area contributed by atoms with Crippen LogP contribution >= 0.6 is 0 Å². The van der Waals surface area contributed by atoms with Crippen molar-refractivity contribution in [3.8, 4) is 50.3 Å². The summed E-state index contributed by atoms with van der Waals surface area (Å²) in [7, 11) is 0. The fourth-order valence-corrected chi connectivity index (χ4v) is 9.17. The summed E-state index contributed by atoms with van der Waals surface area (Å²) in [6, 6.07) is 74.3. The van der Waals surface area contributed by atoms with Crippen LogP contribution in [0.5, 0.6) is 0 Å². The molecule has 3 nitrogen and oxygen atoms in total. The highest BCUT2D eigenvalue weighted by Gasteiger charge is 2.16. The van der Waals surface area contributed by atoms with Gasteiger partial charge in [-0.1, -0.05) is 170 Å². The molecule has 0 unspecified atom stereocenters. The van der Waals surface area contributed by atoms with E-state index in [4.69, 9.17) is 9.97 Å². The van der Waals surface area contributed by atoms with Gasteiger partial charge in [-0.25, -0.2) is 4.98 Å². The minimum Gasteiger partial charge on any atom is -0.309 e. The van der Waals surface area contributed by atoms with E-state index in [0.717, 1.165) is 44.2 Å². The third-order valence-corrected chi connectivity index (χ3v) is 12.0. The number of rotatable bonds is 5. The lowest BCUT2D eigenvalue weighted by Gasteiger charge is -2.12. The number of para-hydroxylation sites is 1. The maximum Gasteiger partial charge on any atom is 0.0979 e. The maximum absolute atomic E-state index is 5.25. The lowest BCUT2D eigenvalue weighted by atomic mass is 9.95. The van der Waals surface area contributed by atoms with E-state index in [2.05, 4.69) is 211 Å². The monoisotopic (exact) mass is 749 g/mol. The molecule has 0 N–H and O–H groups in total. The van der Waals surface area contributed by atoms with Gasteiger partial charge in [0.25, 0.3) is 0 Å². The molecule has 0 radical (unpaired) electrons. The van der Waals surface area contributed by atoms with Crippen molar-refractivity contribution in [2.45, 2.75) is 0 Å². The number of hydrogen-bond donors (Lipinski definition) is 0. The molecule has 0 spiro atoms. The number of fused-ring (bicyclic) bond motifs is 10. The van der Waals surface area contributed by atoms with E-state index < -0.39 is 0 Å². The zero-order valence-corrected chi connectivity index (χ0v) is 32.0. The average Bonchev–Trinajstić information content (AvgIpc) is 3.65. The van der Waals surface area contributed by atoms with Gasteiger partial charge in [-0.05, 0) is 85.9 Å². The standard InChI is InChI=1S/C56H35N3/c1-2-18-44-38(12-1)13-11-25-52(44)59-53-24-8-7-21-47(53)50-34-42(30-31-54(50)59)37-28-26-36(27-29-37)39-14-9-15-40(32-39)41-16-10-17-43(33-41)51-35-57-55-48-22-5-3-19-45(48)46-20-4-6-23-49(46)56(55)58-51/h1-35H. The van der Waals surface area contributed by atoms with Gasteiger partial charge in [0.1, 0.15) is 0 Å². The van der Waals surface area contributed by atoms with Crippen LogP contribution in [0, 0.1) is 0 Å². The van der Waals surface area contributed by atoms with Crippen molar-refractivity contribution >= 4 is 65.2 Å². The van der Waals surface area contributed by atoms with Gasteiger partial charge in [-0.15, -0.1) is 0 Å². The molecule has 2 aromatic heterocycles. The molecule has 0 aliphatic rings. The van der Waals surface area contributed by atoms with Crippen molar-refractivity contribution in [1.82, 2.24) is 14.5 Å². The molecule has 12 rings (SSSR count). The Morgan fingerprint density at radius 2 is 0.797 bits per heavy atom. The van der Waals surface area contributed by atoms with E-state index in [1.54, 1.807) is 0 Å². The molecule has 59 heavy (non-hydrogen) atoms. The fourth-order valence-electron chi connectivity index (χ4n) is 9.17. The summed E-state index contributed by atoms with van der Waals surface area (Å²) in [6.07, 6.45) is 1.92. The van der Waals surface area contributed by atoms with Gasteiger partial charge in [0.05, 0.1) is 39.6 Å². The van der Waals surface area contributed by atoms with Crippen molar-refractivity contribution in [2.24, 2.45) is 0 Å². The second-order valence-electron chi connectivity index (χ2n) is 15.4. The van der Waals surface area contributed by atoms with E-state index in [-0.39, 0.29) is 0 Å². The topological polar surface area (TPSA) is 30.7 Å². The van der Waals surface area contributed by atoms with Crippen LogP contribution in [0.25, 0.3) is 115 Å². The highest BCUT2D eigenvalue weighted by molar-refractivity contribution is 6.23. The van der Waals surface area contributed by atoms with Gasteiger partial charge in [-0.3, -0.25) is 4.98 Å². The summed E-state index contributed by atoms with van der Waals surface area (Å²) < 4.78 is 2.42. The second-order valence-corrected chi connectivity index (χ2v) is 15.4. The first kappa shape index (κ1) is 33.3. The summed E-state index contributed by atoms with van der Waals surface area (Å²) in [5.41, 5.74) is 14.4. The highest BCUT2D eigenvalue weighted by Crippen LogP contribution is 2.38. The Hall–Kier alpha value is -7.88. The van der Waals surface area contributed by atoms with Crippen molar-refractivity contribution in [3.05, 3.63) is 212 Å². The van der Waals surface area contributed by atoms with E-state index in [1.807, 2.05) is 6.20 Å². The van der Waals surface area contributed by atoms with Crippen LogP contribution in [0.15, 0.2) is 212 Å². The van der Waals surface area contributed by atoms with Crippen molar-refractivity contribution in [2.75, 3.05) is 0 Å². The Kier molecular flexibility index (Phi) is 7.54. The summed E-state index contributed by atoms with van der Waals surface area (Å²) in [5.74, 6) is 0. The van der Waals surface area contributed by atoms with Gasteiger partial charge in [0.2, 0.25) is 0 Å². The molecule has 10 aromatic carbocycles. The van der Waals surface area contributed by atoms with Crippen molar-refractivity contribution < 1.29 is 0 Å². The first-order chi connectivity index (χ1) is 29.2. The van der Waals surface area contributed by atoms with Crippen LogP contribution in [0.1, 0.15) is 0 Å².